The van der Waals surface area contributed by atoms with Gasteiger partial charge in [0.2, 0.25) is 5.91 Å². The first-order chi connectivity index (χ1) is 9.06. The Kier molecular flexibility index (Phi) is 3.96. The number of hydrogen-bond donors (Lipinski definition) is 2. The number of carboxylic acid groups (broad SMARTS) is 1. The van der Waals surface area contributed by atoms with Gasteiger partial charge in [-0.15, -0.1) is 0 Å². The van der Waals surface area contributed by atoms with E-state index in [1.165, 1.54) is 22.9 Å². The van der Waals surface area contributed by atoms with Gasteiger partial charge in [0.05, 0.1) is 11.3 Å². The van der Waals surface area contributed by atoms with Crippen molar-refractivity contribution in [1.82, 2.24) is 9.78 Å². The maximum absolute atomic E-state index is 11.7. The van der Waals surface area contributed by atoms with Crippen molar-refractivity contribution in [2.75, 3.05) is 5.32 Å². The van der Waals surface area contributed by atoms with E-state index in [4.69, 9.17) is 5.11 Å². The van der Waals surface area contributed by atoms with Gasteiger partial charge in [-0.25, -0.2) is 4.79 Å². The number of nitrogens with zero attached hydrogens (tertiary/aromatic N) is 2. The number of rotatable bonds is 4. The minimum absolute atomic E-state index is 0.0973. The molecule has 98 valence electrons. The molecule has 0 radical (unpaired) electrons. The third kappa shape index (κ3) is 3.41. The van der Waals surface area contributed by atoms with Crippen molar-refractivity contribution in [3.63, 3.8) is 0 Å². The lowest BCUT2D eigenvalue weighted by Crippen LogP contribution is -2.19. The van der Waals surface area contributed by atoms with E-state index in [1.807, 2.05) is 0 Å². The zero-order valence-corrected chi connectivity index (χ0v) is 11.3. The molecule has 0 bridgehead atoms. The van der Waals surface area contributed by atoms with Crippen LogP contribution in [0.25, 0.3) is 0 Å². The molecule has 0 aliphatic carbocycles. The zero-order chi connectivity index (χ0) is 13.8. The molecule has 6 nitrogen and oxygen atoms in total. The van der Waals surface area contributed by atoms with Gasteiger partial charge in [-0.3, -0.25) is 9.48 Å². The molecule has 1 heterocycles. The monoisotopic (exact) mass is 323 g/mol. The lowest BCUT2D eigenvalue weighted by atomic mass is 10.2. The number of amides is 1. The molecule has 0 fully saturated rings. The highest BCUT2D eigenvalue weighted by Gasteiger charge is 2.09. The van der Waals surface area contributed by atoms with Crippen LogP contribution in [0.4, 0.5) is 5.69 Å². The molecule has 1 aromatic heterocycles. The van der Waals surface area contributed by atoms with Crippen LogP contribution in [-0.4, -0.2) is 26.8 Å². The fraction of sp³-hybridized carbons (Fsp3) is 0.0833. The number of nitrogens with one attached hydrogen (secondary N) is 1. The first-order valence-corrected chi connectivity index (χ1v) is 6.15. The maximum atomic E-state index is 11.7. The minimum Gasteiger partial charge on any atom is -0.478 e. The minimum atomic E-state index is -1.02. The largest absolute Gasteiger partial charge is 0.478 e. The summed E-state index contributed by atoms with van der Waals surface area (Å²) in [5.74, 6) is -1.26. The predicted molar refractivity (Wildman–Crippen MR) is 72.0 cm³/mol. The van der Waals surface area contributed by atoms with Gasteiger partial charge < -0.3 is 10.4 Å². The molecule has 0 spiro atoms. The summed E-state index contributed by atoms with van der Waals surface area (Å²) in [7, 11) is 0. The van der Waals surface area contributed by atoms with E-state index in [2.05, 4.69) is 26.3 Å². The second kappa shape index (κ2) is 5.66. The van der Waals surface area contributed by atoms with Crippen LogP contribution in [0, 0.1) is 0 Å². The van der Waals surface area contributed by atoms with Crippen molar-refractivity contribution < 1.29 is 14.7 Å². The summed E-state index contributed by atoms with van der Waals surface area (Å²) in [6, 6.07) is 6.13. The molecule has 0 aliphatic heterocycles. The number of aromatic nitrogens is 2. The maximum Gasteiger partial charge on any atom is 0.335 e. The normalized spacial score (nSPS) is 10.2. The molecule has 2 N–H and O–H groups in total. The third-order valence-corrected chi connectivity index (χ3v) is 3.01. The highest BCUT2D eigenvalue weighted by atomic mass is 79.9. The number of halogens is 1. The molecule has 19 heavy (non-hydrogen) atoms. The van der Waals surface area contributed by atoms with Crippen molar-refractivity contribution in [1.29, 1.82) is 0 Å². The Morgan fingerprint density at radius 2 is 2.21 bits per heavy atom. The Morgan fingerprint density at radius 3 is 2.79 bits per heavy atom. The number of hydrogen-bond acceptors (Lipinski definition) is 3. The molecule has 2 aromatic rings. The molecule has 7 heteroatoms. The summed E-state index contributed by atoms with van der Waals surface area (Å²) >= 11 is 3.22. The molecule has 0 saturated carbocycles. The molecule has 0 aliphatic rings. The molecule has 1 amide bonds. The fourth-order valence-electron chi connectivity index (χ4n) is 1.48. The molecule has 0 atom stereocenters. The van der Waals surface area contributed by atoms with E-state index in [0.29, 0.717) is 10.2 Å². The van der Waals surface area contributed by atoms with Crippen LogP contribution in [0.15, 0.2) is 41.1 Å². The number of benzene rings is 1. The number of anilines is 1. The molecule has 0 unspecified atom stereocenters. The quantitative estimate of drug-likeness (QED) is 0.901. The smallest absolute Gasteiger partial charge is 0.335 e. The highest BCUT2D eigenvalue weighted by molar-refractivity contribution is 9.10. The lowest BCUT2D eigenvalue weighted by molar-refractivity contribution is -0.116. The summed E-state index contributed by atoms with van der Waals surface area (Å²) in [4.78, 5) is 22.5. The van der Waals surface area contributed by atoms with Crippen LogP contribution in [-0.2, 0) is 11.3 Å². The van der Waals surface area contributed by atoms with Crippen molar-refractivity contribution in [3.8, 4) is 0 Å². The summed E-state index contributed by atoms with van der Waals surface area (Å²) in [6.45, 7) is 0.0973. The van der Waals surface area contributed by atoms with E-state index in [-0.39, 0.29) is 18.0 Å². The standard InChI is InChI=1S/C12H10BrN3O3/c13-9-6-8(12(18)19)2-3-10(9)15-11(17)7-16-5-1-4-14-16/h1-6H,7H2,(H,15,17)(H,18,19). The van der Waals surface area contributed by atoms with Gasteiger partial charge in [-0.2, -0.15) is 5.10 Å². The molecule has 2 rings (SSSR count). The van der Waals surface area contributed by atoms with E-state index < -0.39 is 5.97 Å². The van der Waals surface area contributed by atoms with Gasteiger partial charge in [0.25, 0.3) is 0 Å². The molecule has 0 saturated heterocycles. The van der Waals surface area contributed by atoms with Crippen LogP contribution in [0.2, 0.25) is 0 Å². The molecular weight excluding hydrogens is 314 g/mol. The Labute approximate surface area is 117 Å². The van der Waals surface area contributed by atoms with Gasteiger partial charge >= 0.3 is 5.97 Å². The fourth-order valence-corrected chi connectivity index (χ4v) is 1.96. The number of carbonyl (C=O) groups is 2. The second-order valence-corrected chi connectivity index (χ2v) is 4.61. The Balaban J connectivity index is 2.07. The average Bonchev–Trinajstić information content (AvgIpc) is 2.84. The van der Waals surface area contributed by atoms with Crippen LogP contribution < -0.4 is 5.32 Å². The summed E-state index contributed by atoms with van der Waals surface area (Å²) < 4.78 is 2.01. The van der Waals surface area contributed by atoms with Crippen molar-refractivity contribution in [2.45, 2.75) is 6.54 Å². The van der Waals surface area contributed by atoms with Gasteiger partial charge in [0.15, 0.2) is 0 Å². The van der Waals surface area contributed by atoms with Crippen LogP contribution in [0.3, 0.4) is 0 Å². The van der Waals surface area contributed by atoms with E-state index >= 15 is 0 Å². The first-order valence-electron chi connectivity index (χ1n) is 5.36. The van der Waals surface area contributed by atoms with Gasteiger partial charge in [0.1, 0.15) is 6.54 Å². The lowest BCUT2D eigenvalue weighted by Gasteiger charge is -2.08. The van der Waals surface area contributed by atoms with Crippen molar-refractivity contribution >= 4 is 33.5 Å². The summed E-state index contributed by atoms with van der Waals surface area (Å²) in [5.41, 5.74) is 0.666. The van der Waals surface area contributed by atoms with Crippen LogP contribution in [0.1, 0.15) is 10.4 Å². The Morgan fingerprint density at radius 1 is 1.42 bits per heavy atom. The number of carbonyl (C=O) groups excluding carboxylic acids is 1. The van der Waals surface area contributed by atoms with E-state index in [9.17, 15) is 9.59 Å². The topological polar surface area (TPSA) is 84.2 Å². The Bertz CT molecular complexity index is 611. The zero-order valence-electron chi connectivity index (χ0n) is 9.71. The molecular formula is C12H10BrN3O3. The number of aromatic carboxylic acids is 1. The van der Waals surface area contributed by atoms with Gasteiger partial charge in [0, 0.05) is 16.9 Å². The Hall–Kier alpha value is -2.15. The third-order valence-electron chi connectivity index (χ3n) is 2.35. The predicted octanol–water partition coefficient (Wildman–Crippen LogP) is 1.98. The number of carboxylic acids is 1. The van der Waals surface area contributed by atoms with Crippen molar-refractivity contribution in [3.05, 3.63) is 46.7 Å². The average molecular weight is 324 g/mol. The summed E-state index contributed by atoms with van der Waals surface area (Å²) in [6.07, 6.45) is 3.27. The SMILES string of the molecule is O=C(Cn1cccn1)Nc1ccc(C(=O)O)cc1Br. The van der Waals surface area contributed by atoms with E-state index in [0.717, 1.165) is 0 Å². The van der Waals surface area contributed by atoms with Crippen LogP contribution in [0.5, 0.6) is 0 Å². The highest BCUT2D eigenvalue weighted by Crippen LogP contribution is 2.23. The van der Waals surface area contributed by atoms with Gasteiger partial charge in [-0.05, 0) is 40.2 Å². The van der Waals surface area contributed by atoms with E-state index in [1.54, 1.807) is 18.5 Å². The van der Waals surface area contributed by atoms with Crippen LogP contribution >= 0.6 is 15.9 Å². The van der Waals surface area contributed by atoms with Gasteiger partial charge in [-0.1, -0.05) is 0 Å². The summed E-state index contributed by atoms with van der Waals surface area (Å²) in [5, 5.41) is 15.4. The second-order valence-electron chi connectivity index (χ2n) is 3.75. The van der Waals surface area contributed by atoms with Crippen molar-refractivity contribution in [2.24, 2.45) is 0 Å². The first kappa shape index (κ1) is 13.3. The molecule has 1 aromatic carbocycles.